The summed E-state index contributed by atoms with van der Waals surface area (Å²) in [5, 5.41) is 7.31. The maximum Gasteiger partial charge on any atom is 0.324 e. The van der Waals surface area contributed by atoms with Gasteiger partial charge in [0.25, 0.3) is 0 Å². The van der Waals surface area contributed by atoms with Crippen LogP contribution in [-0.4, -0.2) is 49.9 Å². The van der Waals surface area contributed by atoms with Crippen LogP contribution >= 0.6 is 11.8 Å². The molecule has 2 aromatic rings. The highest BCUT2D eigenvalue weighted by molar-refractivity contribution is 8.00. The molecule has 0 radical (unpaired) electrons. The number of carbonyl (C=O) groups is 2. The fourth-order valence-corrected chi connectivity index (χ4v) is 3.42. The average Bonchev–Trinajstić information content (AvgIpc) is 3.21. The van der Waals surface area contributed by atoms with E-state index in [1.54, 1.807) is 6.92 Å². The molecular weight excluding hydrogens is 338 g/mol. The standard InChI is InChI=1S/C17H21N5O2S/c1-11(2)14-19-16(20-22(14)13-7-5-4-6-8-13)25-12(3)15(23)21-10-9-18-17(21)24/h4-8,11-12H,9-10H2,1-3H3,(H,18,24). The van der Waals surface area contributed by atoms with Gasteiger partial charge < -0.3 is 5.32 Å². The van der Waals surface area contributed by atoms with Gasteiger partial charge in [0, 0.05) is 19.0 Å². The van der Waals surface area contributed by atoms with Crippen molar-refractivity contribution in [1.29, 1.82) is 0 Å². The smallest absolute Gasteiger partial charge is 0.324 e. The van der Waals surface area contributed by atoms with E-state index in [2.05, 4.69) is 29.2 Å². The van der Waals surface area contributed by atoms with Gasteiger partial charge in [0.05, 0.1) is 10.9 Å². The lowest BCUT2D eigenvalue weighted by Gasteiger charge is -2.16. The summed E-state index contributed by atoms with van der Waals surface area (Å²) in [6.07, 6.45) is 0. The van der Waals surface area contributed by atoms with Crippen LogP contribution in [-0.2, 0) is 4.79 Å². The van der Waals surface area contributed by atoms with Crippen LogP contribution in [0, 0.1) is 0 Å². The lowest BCUT2D eigenvalue weighted by atomic mass is 10.2. The summed E-state index contributed by atoms with van der Waals surface area (Å²) in [7, 11) is 0. The van der Waals surface area contributed by atoms with Crippen molar-refractivity contribution in [3.05, 3.63) is 36.2 Å². The first kappa shape index (κ1) is 17.5. The van der Waals surface area contributed by atoms with E-state index in [0.29, 0.717) is 18.2 Å². The van der Waals surface area contributed by atoms with Crippen molar-refractivity contribution in [1.82, 2.24) is 25.0 Å². The molecule has 7 nitrogen and oxygen atoms in total. The van der Waals surface area contributed by atoms with Gasteiger partial charge in [0.2, 0.25) is 11.1 Å². The van der Waals surface area contributed by atoms with Crippen molar-refractivity contribution in [3.63, 3.8) is 0 Å². The number of para-hydroxylation sites is 1. The average molecular weight is 359 g/mol. The monoisotopic (exact) mass is 359 g/mol. The first-order chi connectivity index (χ1) is 12.0. The van der Waals surface area contributed by atoms with Crippen LogP contribution in [0.15, 0.2) is 35.5 Å². The second-order valence-electron chi connectivity index (χ2n) is 6.14. The molecule has 0 spiro atoms. The number of benzene rings is 1. The minimum absolute atomic E-state index is 0.192. The summed E-state index contributed by atoms with van der Waals surface area (Å²) in [5.41, 5.74) is 0.934. The molecular formula is C17H21N5O2S. The Bertz CT molecular complexity index is 775. The topological polar surface area (TPSA) is 80.1 Å². The Morgan fingerprint density at radius 3 is 2.56 bits per heavy atom. The predicted octanol–water partition coefficient (Wildman–Crippen LogP) is 2.42. The molecule has 1 unspecified atom stereocenters. The maximum atomic E-state index is 12.4. The molecule has 1 aliphatic rings. The Morgan fingerprint density at radius 2 is 1.96 bits per heavy atom. The fourth-order valence-electron chi connectivity index (χ4n) is 2.60. The molecule has 3 amide bonds. The molecule has 2 heterocycles. The molecule has 8 heteroatoms. The third-order valence-electron chi connectivity index (χ3n) is 3.88. The zero-order valence-electron chi connectivity index (χ0n) is 14.5. The molecule has 0 saturated carbocycles. The third-order valence-corrected chi connectivity index (χ3v) is 4.82. The van der Waals surface area contributed by atoms with Crippen LogP contribution in [0.4, 0.5) is 4.79 Å². The van der Waals surface area contributed by atoms with Crippen LogP contribution in [0.5, 0.6) is 0 Å². The number of imide groups is 1. The van der Waals surface area contributed by atoms with Crippen LogP contribution in [0.1, 0.15) is 32.5 Å². The molecule has 132 valence electrons. The number of rotatable bonds is 5. The van der Waals surface area contributed by atoms with E-state index in [1.165, 1.54) is 16.7 Å². The molecule has 1 aliphatic heterocycles. The second kappa shape index (κ2) is 7.26. The summed E-state index contributed by atoms with van der Waals surface area (Å²) >= 11 is 1.27. The fraction of sp³-hybridized carbons (Fsp3) is 0.412. The summed E-state index contributed by atoms with van der Waals surface area (Å²) in [6.45, 7) is 6.80. The first-order valence-electron chi connectivity index (χ1n) is 8.25. The van der Waals surface area contributed by atoms with E-state index < -0.39 is 5.25 Å². The Morgan fingerprint density at radius 1 is 1.24 bits per heavy atom. The predicted molar refractivity (Wildman–Crippen MR) is 95.9 cm³/mol. The molecule has 25 heavy (non-hydrogen) atoms. The molecule has 0 bridgehead atoms. The number of hydrogen-bond donors (Lipinski definition) is 1. The zero-order chi connectivity index (χ0) is 18.0. The van der Waals surface area contributed by atoms with Crippen LogP contribution in [0.3, 0.4) is 0 Å². The number of thioether (sulfide) groups is 1. The number of amides is 3. The van der Waals surface area contributed by atoms with Crippen LogP contribution in [0.25, 0.3) is 5.69 Å². The highest BCUT2D eigenvalue weighted by Gasteiger charge is 2.31. The molecule has 1 fully saturated rings. The summed E-state index contributed by atoms with van der Waals surface area (Å²) in [4.78, 5) is 29.9. The van der Waals surface area contributed by atoms with Gasteiger partial charge in [-0.1, -0.05) is 43.8 Å². The van der Waals surface area contributed by atoms with Crippen molar-refractivity contribution in [2.45, 2.75) is 37.1 Å². The highest BCUT2D eigenvalue weighted by Crippen LogP contribution is 2.26. The van der Waals surface area contributed by atoms with Crippen molar-refractivity contribution in [2.75, 3.05) is 13.1 Å². The Hall–Kier alpha value is -2.35. The van der Waals surface area contributed by atoms with Gasteiger partial charge in [-0.15, -0.1) is 5.10 Å². The molecule has 1 N–H and O–H groups in total. The van der Waals surface area contributed by atoms with Gasteiger partial charge >= 0.3 is 6.03 Å². The van der Waals surface area contributed by atoms with Gasteiger partial charge in [-0.3, -0.25) is 9.69 Å². The van der Waals surface area contributed by atoms with Gasteiger partial charge in [-0.05, 0) is 19.1 Å². The highest BCUT2D eigenvalue weighted by atomic mass is 32.2. The van der Waals surface area contributed by atoms with Gasteiger partial charge in [-0.2, -0.15) is 0 Å². The van der Waals surface area contributed by atoms with E-state index in [0.717, 1.165) is 11.5 Å². The minimum Gasteiger partial charge on any atom is -0.336 e. The van der Waals surface area contributed by atoms with Crippen molar-refractivity contribution < 1.29 is 9.59 Å². The van der Waals surface area contributed by atoms with E-state index >= 15 is 0 Å². The molecule has 3 rings (SSSR count). The minimum atomic E-state index is -0.435. The summed E-state index contributed by atoms with van der Waals surface area (Å²) < 4.78 is 1.81. The molecule has 1 aromatic carbocycles. The van der Waals surface area contributed by atoms with E-state index in [-0.39, 0.29) is 17.9 Å². The Labute approximate surface area is 150 Å². The molecule has 1 atom stereocenters. The maximum absolute atomic E-state index is 12.4. The number of aromatic nitrogens is 3. The van der Waals surface area contributed by atoms with Crippen molar-refractivity contribution in [2.24, 2.45) is 0 Å². The SMILES string of the molecule is CC(Sc1nc(C(C)C)n(-c2ccccc2)n1)C(=O)N1CCNC1=O. The number of hydrogen-bond acceptors (Lipinski definition) is 5. The number of nitrogens with one attached hydrogen (secondary N) is 1. The van der Waals surface area contributed by atoms with Crippen molar-refractivity contribution in [3.8, 4) is 5.69 Å². The first-order valence-corrected chi connectivity index (χ1v) is 9.13. The van der Waals surface area contributed by atoms with E-state index in [4.69, 9.17) is 0 Å². The van der Waals surface area contributed by atoms with E-state index in [1.807, 2.05) is 35.0 Å². The lowest BCUT2D eigenvalue weighted by molar-refractivity contribution is -0.126. The number of nitrogens with zero attached hydrogens (tertiary/aromatic N) is 4. The van der Waals surface area contributed by atoms with Crippen LogP contribution in [0.2, 0.25) is 0 Å². The molecule has 1 saturated heterocycles. The van der Waals surface area contributed by atoms with Crippen LogP contribution < -0.4 is 5.32 Å². The third kappa shape index (κ3) is 3.68. The number of carbonyl (C=O) groups excluding carboxylic acids is 2. The van der Waals surface area contributed by atoms with E-state index in [9.17, 15) is 9.59 Å². The lowest BCUT2D eigenvalue weighted by Crippen LogP contribution is -2.38. The zero-order valence-corrected chi connectivity index (χ0v) is 15.3. The second-order valence-corrected chi connectivity index (χ2v) is 7.44. The normalized spacial score (nSPS) is 15.5. The quantitative estimate of drug-likeness (QED) is 0.830. The van der Waals surface area contributed by atoms with Crippen molar-refractivity contribution >= 4 is 23.7 Å². The summed E-state index contributed by atoms with van der Waals surface area (Å²) in [5.74, 6) is 0.812. The Kier molecular flexibility index (Phi) is 5.08. The van der Waals surface area contributed by atoms with Gasteiger partial charge in [0.1, 0.15) is 5.82 Å². The number of urea groups is 1. The summed E-state index contributed by atoms with van der Waals surface area (Å²) in [6, 6.07) is 9.46. The Balaban J connectivity index is 1.81. The van der Waals surface area contributed by atoms with Gasteiger partial charge in [0.15, 0.2) is 0 Å². The largest absolute Gasteiger partial charge is 0.336 e. The molecule has 0 aliphatic carbocycles. The van der Waals surface area contributed by atoms with Gasteiger partial charge in [-0.25, -0.2) is 14.5 Å². The molecule has 1 aromatic heterocycles.